The first kappa shape index (κ1) is 12.9. The van der Waals surface area contributed by atoms with Crippen LogP contribution in [0.5, 0.6) is 0 Å². The van der Waals surface area contributed by atoms with E-state index in [9.17, 15) is 14.7 Å². The van der Waals surface area contributed by atoms with Gasteiger partial charge in [0.15, 0.2) is 0 Å². The number of H-pyrrole nitrogens is 1. The highest BCUT2D eigenvalue weighted by Gasteiger charge is 2.35. The lowest BCUT2D eigenvalue weighted by Gasteiger charge is -2.32. The van der Waals surface area contributed by atoms with Crippen molar-refractivity contribution >= 4 is 23.2 Å². The quantitative estimate of drug-likeness (QED) is 0.885. The van der Waals surface area contributed by atoms with E-state index in [1.165, 1.54) is 22.6 Å². The largest absolute Gasteiger partial charge is 0.480 e. The van der Waals surface area contributed by atoms with Gasteiger partial charge in [0, 0.05) is 11.3 Å². The summed E-state index contributed by atoms with van der Waals surface area (Å²) >= 11 is 1.50. The summed E-state index contributed by atoms with van der Waals surface area (Å²) in [4.78, 5) is 33.1. The summed E-state index contributed by atoms with van der Waals surface area (Å²) in [6, 6.07) is 2.92. The van der Waals surface area contributed by atoms with Gasteiger partial charge < -0.3 is 15.0 Å². The summed E-state index contributed by atoms with van der Waals surface area (Å²) in [7, 11) is 0. The number of nitrogens with one attached hydrogen (secondary N) is 1. The fraction of sp³-hybridized carbons (Fsp3) is 0.308. The van der Waals surface area contributed by atoms with Gasteiger partial charge in [-0.05, 0) is 11.4 Å². The second-order valence-corrected chi connectivity index (χ2v) is 5.70. The third kappa shape index (κ3) is 2.32. The van der Waals surface area contributed by atoms with Crippen molar-refractivity contribution in [2.45, 2.75) is 25.4 Å². The molecule has 2 N–H and O–H groups in total. The van der Waals surface area contributed by atoms with Crippen molar-refractivity contribution in [3.63, 3.8) is 0 Å². The summed E-state index contributed by atoms with van der Waals surface area (Å²) < 4.78 is 0. The molecule has 0 saturated carbocycles. The van der Waals surface area contributed by atoms with E-state index < -0.39 is 12.0 Å². The van der Waals surface area contributed by atoms with Crippen LogP contribution in [0.15, 0.2) is 23.8 Å². The van der Waals surface area contributed by atoms with Gasteiger partial charge in [-0.3, -0.25) is 4.79 Å². The zero-order valence-electron chi connectivity index (χ0n) is 10.6. The average molecular weight is 291 g/mol. The molecule has 0 spiro atoms. The predicted molar refractivity (Wildman–Crippen MR) is 72.3 cm³/mol. The molecule has 6 nitrogen and oxygen atoms in total. The second kappa shape index (κ2) is 5.09. The van der Waals surface area contributed by atoms with E-state index in [-0.39, 0.29) is 25.3 Å². The first-order chi connectivity index (χ1) is 9.65. The van der Waals surface area contributed by atoms with E-state index in [4.69, 9.17) is 0 Å². The van der Waals surface area contributed by atoms with Gasteiger partial charge in [0.25, 0.3) is 0 Å². The van der Waals surface area contributed by atoms with Gasteiger partial charge in [0.2, 0.25) is 5.91 Å². The maximum atomic E-state index is 12.3. The molecule has 0 aliphatic carbocycles. The number of thiophene rings is 1. The number of aromatic amines is 1. The Bertz CT molecular complexity index is 635. The summed E-state index contributed by atoms with van der Waals surface area (Å²) in [6.45, 7) is 0.274. The molecule has 1 aliphatic heterocycles. The van der Waals surface area contributed by atoms with Crippen molar-refractivity contribution in [3.8, 4) is 0 Å². The zero-order valence-corrected chi connectivity index (χ0v) is 11.4. The summed E-state index contributed by atoms with van der Waals surface area (Å²) in [5.74, 6) is -1.15. The highest BCUT2D eigenvalue weighted by Crippen LogP contribution is 2.22. The van der Waals surface area contributed by atoms with Gasteiger partial charge in [0.05, 0.1) is 30.7 Å². The summed E-state index contributed by atoms with van der Waals surface area (Å²) in [6.07, 6.45) is 2.03. The number of carbonyl (C=O) groups excluding carboxylic acids is 1. The molecule has 7 heteroatoms. The maximum Gasteiger partial charge on any atom is 0.326 e. The fourth-order valence-corrected chi connectivity index (χ4v) is 3.08. The molecule has 0 bridgehead atoms. The van der Waals surface area contributed by atoms with E-state index in [2.05, 4.69) is 9.97 Å². The molecule has 0 unspecified atom stereocenters. The van der Waals surface area contributed by atoms with Crippen molar-refractivity contribution in [2.75, 3.05) is 0 Å². The van der Waals surface area contributed by atoms with Gasteiger partial charge in [-0.1, -0.05) is 6.07 Å². The number of nitrogens with zero attached hydrogens (tertiary/aromatic N) is 2. The maximum absolute atomic E-state index is 12.3. The third-order valence-electron chi connectivity index (χ3n) is 3.41. The van der Waals surface area contributed by atoms with Gasteiger partial charge >= 0.3 is 5.97 Å². The van der Waals surface area contributed by atoms with Gasteiger partial charge in [-0.2, -0.15) is 0 Å². The molecule has 1 amide bonds. The van der Waals surface area contributed by atoms with E-state index >= 15 is 0 Å². The Hall–Kier alpha value is -2.15. The molecular weight excluding hydrogens is 278 g/mol. The lowest BCUT2D eigenvalue weighted by atomic mass is 10.0. The van der Waals surface area contributed by atoms with E-state index in [1.807, 2.05) is 17.5 Å². The van der Waals surface area contributed by atoms with Crippen LogP contribution in [0.25, 0.3) is 0 Å². The minimum atomic E-state index is -0.988. The van der Waals surface area contributed by atoms with E-state index in [0.717, 1.165) is 16.3 Å². The fourth-order valence-electron chi connectivity index (χ4n) is 2.38. The van der Waals surface area contributed by atoms with Gasteiger partial charge in [-0.25, -0.2) is 9.78 Å². The normalized spacial score (nSPS) is 17.8. The Kier molecular flexibility index (Phi) is 3.27. The molecule has 104 valence electrons. The van der Waals surface area contributed by atoms with Crippen LogP contribution in [-0.2, 0) is 29.0 Å². The molecule has 1 atom stereocenters. The van der Waals surface area contributed by atoms with E-state index in [1.54, 1.807) is 0 Å². The first-order valence-corrected chi connectivity index (χ1v) is 7.09. The van der Waals surface area contributed by atoms with Crippen molar-refractivity contribution in [1.29, 1.82) is 0 Å². The van der Waals surface area contributed by atoms with Crippen LogP contribution < -0.4 is 0 Å². The number of aliphatic carboxylic acids is 1. The van der Waals surface area contributed by atoms with Crippen LogP contribution in [0.2, 0.25) is 0 Å². The van der Waals surface area contributed by atoms with Crippen molar-refractivity contribution in [2.24, 2.45) is 0 Å². The minimum absolute atomic E-state index is 0.167. The molecular formula is C13H13N3O3S. The predicted octanol–water partition coefficient (Wildman–Crippen LogP) is 1.05. The second-order valence-electron chi connectivity index (χ2n) is 4.66. The Balaban J connectivity index is 1.82. The van der Waals surface area contributed by atoms with Crippen LogP contribution in [0.1, 0.15) is 16.3 Å². The van der Waals surface area contributed by atoms with Crippen LogP contribution in [0, 0.1) is 0 Å². The number of fused-ring (bicyclic) bond motifs is 1. The van der Waals surface area contributed by atoms with Crippen molar-refractivity contribution in [1.82, 2.24) is 14.9 Å². The molecule has 2 aromatic heterocycles. The Labute approximate surface area is 119 Å². The Morgan fingerprint density at radius 3 is 3.10 bits per heavy atom. The van der Waals surface area contributed by atoms with Gasteiger partial charge in [0.1, 0.15) is 6.04 Å². The molecule has 0 aromatic carbocycles. The van der Waals surface area contributed by atoms with Crippen molar-refractivity contribution < 1.29 is 14.7 Å². The highest BCUT2D eigenvalue weighted by atomic mass is 32.1. The number of rotatable bonds is 3. The van der Waals surface area contributed by atoms with Crippen LogP contribution in [0.3, 0.4) is 0 Å². The Morgan fingerprint density at radius 1 is 1.55 bits per heavy atom. The van der Waals surface area contributed by atoms with Crippen LogP contribution >= 0.6 is 11.3 Å². The first-order valence-electron chi connectivity index (χ1n) is 6.21. The van der Waals surface area contributed by atoms with Gasteiger partial charge in [-0.15, -0.1) is 11.3 Å². The standard InChI is InChI=1S/C13H13N3O3S/c17-12(4-8-2-1-3-20-8)16-6-10-9(14-7-15-10)5-11(16)13(18)19/h1-3,7,11H,4-6H2,(H,14,15)(H,18,19)/t11-/m0/s1. The minimum Gasteiger partial charge on any atom is -0.480 e. The topological polar surface area (TPSA) is 86.3 Å². The average Bonchev–Trinajstić information content (AvgIpc) is 3.06. The Morgan fingerprint density at radius 2 is 2.40 bits per heavy atom. The monoisotopic (exact) mass is 291 g/mol. The zero-order chi connectivity index (χ0) is 14.1. The highest BCUT2D eigenvalue weighted by molar-refractivity contribution is 7.10. The lowest BCUT2D eigenvalue weighted by molar-refractivity contribution is -0.151. The summed E-state index contributed by atoms with van der Waals surface area (Å²) in [5.41, 5.74) is 1.56. The number of imidazole rings is 1. The lowest BCUT2D eigenvalue weighted by Crippen LogP contribution is -2.49. The van der Waals surface area contributed by atoms with Crippen molar-refractivity contribution in [3.05, 3.63) is 40.1 Å². The van der Waals surface area contributed by atoms with Crippen LogP contribution in [-0.4, -0.2) is 37.9 Å². The smallest absolute Gasteiger partial charge is 0.326 e. The number of carboxylic acid groups (broad SMARTS) is 1. The molecule has 0 saturated heterocycles. The molecule has 20 heavy (non-hydrogen) atoms. The number of hydrogen-bond acceptors (Lipinski definition) is 4. The molecule has 0 radical (unpaired) electrons. The SMILES string of the molecule is O=C(O)[C@@H]1Cc2nc[nH]c2CN1C(=O)Cc1cccs1. The van der Waals surface area contributed by atoms with Crippen LogP contribution in [0.4, 0.5) is 0 Å². The molecule has 2 aromatic rings. The molecule has 3 heterocycles. The third-order valence-corrected chi connectivity index (χ3v) is 4.29. The number of carboxylic acids is 1. The van der Waals surface area contributed by atoms with E-state index in [0.29, 0.717) is 0 Å². The number of aromatic nitrogens is 2. The molecule has 3 rings (SSSR count). The number of hydrogen-bond donors (Lipinski definition) is 2. The molecule has 0 fully saturated rings. The number of amides is 1. The molecule has 1 aliphatic rings. The summed E-state index contributed by atoms with van der Waals surface area (Å²) in [5, 5.41) is 11.2. The number of carbonyl (C=O) groups is 2.